The average Bonchev–Trinajstić information content (AvgIpc) is 3.06. The Morgan fingerprint density at radius 1 is 1.38 bits per heavy atom. The maximum absolute atomic E-state index is 11.3. The Morgan fingerprint density at radius 2 is 2.17 bits per heavy atom. The van der Waals surface area contributed by atoms with Crippen LogP contribution in [0.4, 0.5) is 0 Å². The minimum atomic E-state index is -0.487. The van der Waals surface area contributed by atoms with Crippen LogP contribution in [0, 0.1) is 0 Å². The lowest BCUT2D eigenvalue weighted by Gasteiger charge is -2.46. The molecule has 0 aromatic heterocycles. The molecule has 6 nitrogen and oxygen atoms in total. The molecule has 0 radical (unpaired) electrons. The van der Waals surface area contributed by atoms with E-state index < -0.39 is 11.5 Å². The Morgan fingerprint density at radius 3 is 2.96 bits per heavy atom. The van der Waals surface area contributed by atoms with Crippen LogP contribution >= 0.6 is 0 Å². The minimum absolute atomic E-state index is 0.120. The summed E-state index contributed by atoms with van der Waals surface area (Å²) in [4.78, 5) is 13.6. The summed E-state index contributed by atoms with van der Waals surface area (Å²) in [5.74, 6) is 1.24. The number of benzene rings is 1. The number of carbonyl (C=O) groups excluding carboxylic acids is 1. The molecule has 0 amide bonds. The second kappa shape index (κ2) is 4.74. The number of fused-ring (bicyclic) bond motifs is 2. The van der Waals surface area contributed by atoms with Crippen molar-refractivity contribution in [1.29, 1.82) is 0 Å². The molecule has 1 aromatic carbocycles. The van der Waals surface area contributed by atoms with E-state index in [2.05, 4.69) is 4.90 Å². The van der Waals surface area contributed by atoms with Crippen LogP contribution < -0.4 is 9.47 Å². The lowest BCUT2D eigenvalue weighted by molar-refractivity contribution is -0.145. The first-order valence-electron chi connectivity index (χ1n) is 8.29. The molecule has 4 aliphatic rings. The molecule has 1 aromatic rings. The van der Waals surface area contributed by atoms with E-state index in [1.165, 1.54) is 12.5 Å². The van der Waals surface area contributed by atoms with E-state index in [0.29, 0.717) is 13.0 Å². The molecule has 3 heterocycles. The van der Waals surface area contributed by atoms with Crippen molar-refractivity contribution in [3.8, 4) is 11.5 Å². The highest BCUT2D eigenvalue weighted by Gasteiger charge is 2.58. The van der Waals surface area contributed by atoms with Crippen molar-refractivity contribution >= 4 is 5.97 Å². The van der Waals surface area contributed by atoms with Gasteiger partial charge in [-0.15, -0.1) is 0 Å². The molecule has 5 rings (SSSR count). The number of aliphatic hydroxyl groups is 1. The second-order valence-corrected chi connectivity index (χ2v) is 7.00. The first-order chi connectivity index (χ1) is 11.6. The van der Waals surface area contributed by atoms with Gasteiger partial charge in [0.05, 0.1) is 11.5 Å². The highest BCUT2D eigenvalue weighted by atomic mass is 16.7. The maximum atomic E-state index is 11.3. The Labute approximate surface area is 139 Å². The molecule has 24 heavy (non-hydrogen) atoms. The number of aliphatic hydroxyl groups excluding tert-OH is 1. The fourth-order valence-corrected chi connectivity index (χ4v) is 4.82. The van der Waals surface area contributed by atoms with Crippen molar-refractivity contribution < 1.29 is 24.1 Å². The van der Waals surface area contributed by atoms with E-state index in [0.717, 1.165) is 23.6 Å². The van der Waals surface area contributed by atoms with Gasteiger partial charge in [0.1, 0.15) is 6.10 Å². The highest BCUT2D eigenvalue weighted by molar-refractivity contribution is 5.66. The van der Waals surface area contributed by atoms with Gasteiger partial charge in [-0.3, -0.25) is 9.69 Å². The zero-order chi connectivity index (χ0) is 16.5. The van der Waals surface area contributed by atoms with Crippen LogP contribution in [-0.2, 0) is 21.5 Å². The van der Waals surface area contributed by atoms with Gasteiger partial charge < -0.3 is 19.3 Å². The van der Waals surface area contributed by atoms with Crippen LogP contribution in [0.5, 0.6) is 11.5 Å². The number of nitrogens with zero attached hydrogens (tertiary/aromatic N) is 1. The van der Waals surface area contributed by atoms with Crippen molar-refractivity contribution in [3.63, 3.8) is 0 Å². The molecule has 2 bridgehead atoms. The highest BCUT2D eigenvalue weighted by Crippen LogP contribution is 2.53. The van der Waals surface area contributed by atoms with E-state index in [1.807, 2.05) is 24.3 Å². The van der Waals surface area contributed by atoms with Gasteiger partial charge in [0, 0.05) is 32.5 Å². The predicted octanol–water partition coefficient (Wildman–Crippen LogP) is 1.10. The van der Waals surface area contributed by atoms with E-state index in [9.17, 15) is 9.90 Å². The number of ether oxygens (including phenoxy) is 3. The van der Waals surface area contributed by atoms with Crippen molar-refractivity contribution in [2.45, 2.75) is 43.6 Å². The third-order valence-corrected chi connectivity index (χ3v) is 5.75. The summed E-state index contributed by atoms with van der Waals surface area (Å²) in [6, 6.07) is 4.18. The number of carbonyl (C=O) groups is 1. The van der Waals surface area contributed by atoms with Gasteiger partial charge in [0.2, 0.25) is 6.79 Å². The van der Waals surface area contributed by atoms with E-state index in [4.69, 9.17) is 14.2 Å². The van der Waals surface area contributed by atoms with Crippen LogP contribution in [0.15, 0.2) is 24.3 Å². The SMILES string of the molecule is CC(=O)O[C@H]1C=C[C@@]23c4cc5c(cc4CN(CC2O)[C@@H]3C1)OCO5. The summed E-state index contributed by atoms with van der Waals surface area (Å²) in [6.07, 6.45) is 3.94. The van der Waals surface area contributed by atoms with E-state index in [1.54, 1.807) is 0 Å². The molecule has 0 spiro atoms. The van der Waals surface area contributed by atoms with Crippen LogP contribution in [0.1, 0.15) is 24.5 Å². The lowest BCUT2D eigenvalue weighted by atomic mass is 9.65. The average molecular weight is 329 g/mol. The maximum Gasteiger partial charge on any atom is 0.303 e. The largest absolute Gasteiger partial charge is 0.458 e. The van der Waals surface area contributed by atoms with Gasteiger partial charge in [-0.1, -0.05) is 6.08 Å². The molecular formula is C18H19NO5. The molecule has 1 N–H and O–H groups in total. The lowest BCUT2D eigenvalue weighted by Crippen LogP contribution is -2.52. The van der Waals surface area contributed by atoms with Crippen molar-refractivity contribution in [1.82, 2.24) is 4.90 Å². The van der Waals surface area contributed by atoms with Gasteiger partial charge in [0.25, 0.3) is 0 Å². The van der Waals surface area contributed by atoms with Crippen LogP contribution in [-0.4, -0.2) is 47.6 Å². The summed E-state index contributed by atoms with van der Waals surface area (Å²) >= 11 is 0. The molecular weight excluding hydrogens is 310 g/mol. The first-order valence-corrected chi connectivity index (χ1v) is 8.29. The van der Waals surface area contributed by atoms with Gasteiger partial charge >= 0.3 is 5.97 Å². The third kappa shape index (κ3) is 1.75. The van der Waals surface area contributed by atoms with Gasteiger partial charge in [-0.05, 0) is 29.3 Å². The molecule has 1 aliphatic carbocycles. The molecule has 3 aliphatic heterocycles. The summed E-state index contributed by atoms with van der Waals surface area (Å²) in [5.41, 5.74) is 1.81. The normalized spacial score (nSPS) is 37.8. The molecule has 2 unspecified atom stereocenters. The summed E-state index contributed by atoms with van der Waals surface area (Å²) < 4.78 is 16.4. The Balaban J connectivity index is 1.63. The summed E-state index contributed by atoms with van der Waals surface area (Å²) in [7, 11) is 0. The fraction of sp³-hybridized carbons (Fsp3) is 0.500. The quantitative estimate of drug-likeness (QED) is 0.615. The molecule has 0 saturated carbocycles. The van der Waals surface area contributed by atoms with E-state index in [-0.39, 0.29) is 24.9 Å². The molecule has 1 saturated heterocycles. The minimum Gasteiger partial charge on any atom is -0.458 e. The Hall–Kier alpha value is -2.05. The summed E-state index contributed by atoms with van der Waals surface area (Å²) in [6.45, 7) is 3.04. The first kappa shape index (κ1) is 14.3. The molecule has 126 valence electrons. The van der Waals surface area contributed by atoms with Crippen molar-refractivity contribution in [2.75, 3.05) is 13.3 Å². The smallest absolute Gasteiger partial charge is 0.303 e. The van der Waals surface area contributed by atoms with Crippen LogP contribution in [0.3, 0.4) is 0 Å². The topological polar surface area (TPSA) is 68.2 Å². The van der Waals surface area contributed by atoms with Crippen molar-refractivity contribution in [2.24, 2.45) is 0 Å². The molecule has 5 atom stereocenters. The Bertz CT molecular complexity index is 760. The number of rotatable bonds is 1. The van der Waals surface area contributed by atoms with Gasteiger partial charge in [-0.2, -0.15) is 0 Å². The number of hydrogen-bond donors (Lipinski definition) is 1. The molecule has 1 fully saturated rings. The monoisotopic (exact) mass is 329 g/mol. The predicted molar refractivity (Wildman–Crippen MR) is 83.8 cm³/mol. The van der Waals surface area contributed by atoms with Crippen LogP contribution in [0.25, 0.3) is 0 Å². The second-order valence-electron chi connectivity index (χ2n) is 7.00. The third-order valence-electron chi connectivity index (χ3n) is 5.75. The zero-order valence-corrected chi connectivity index (χ0v) is 13.4. The van der Waals surface area contributed by atoms with Gasteiger partial charge in [-0.25, -0.2) is 0 Å². The standard InChI is InChI=1S/C18H19NO5/c1-10(20)24-12-2-3-18-13-6-15-14(22-9-23-15)4-11(13)7-19(8-17(18)21)16(18)5-12/h2-4,6,12,16-17,21H,5,7-9H2,1H3/t12-,16+,17?,18-/m0/s1. The van der Waals surface area contributed by atoms with Gasteiger partial charge in [0.15, 0.2) is 11.5 Å². The fourth-order valence-electron chi connectivity index (χ4n) is 4.82. The summed E-state index contributed by atoms with van der Waals surface area (Å²) in [5, 5.41) is 10.9. The number of hydrogen-bond acceptors (Lipinski definition) is 6. The van der Waals surface area contributed by atoms with Crippen LogP contribution in [0.2, 0.25) is 0 Å². The number of esters is 1. The Kier molecular flexibility index (Phi) is 2.82. The van der Waals surface area contributed by atoms with E-state index >= 15 is 0 Å². The molecule has 6 heteroatoms. The van der Waals surface area contributed by atoms with Crippen molar-refractivity contribution in [3.05, 3.63) is 35.4 Å². The zero-order valence-electron chi connectivity index (χ0n) is 13.4.